The van der Waals surface area contributed by atoms with E-state index >= 15 is 0 Å². The third-order valence-corrected chi connectivity index (χ3v) is 3.82. The van der Waals surface area contributed by atoms with E-state index < -0.39 is 4.92 Å². The molecule has 1 N–H and O–H groups in total. The lowest BCUT2D eigenvalue weighted by molar-refractivity contribution is -0.384. The molecule has 6 nitrogen and oxygen atoms in total. The summed E-state index contributed by atoms with van der Waals surface area (Å²) in [7, 11) is 0. The summed E-state index contributed by atoms with van der Waals surface area (Å²) in [6.07, 6.45) is 0. The first-order chi connectivity index (χ1) is 9.52. The van der Waals surface area contributed by atoms with Crippen LogP contribution in [0.5, 0.6) is 0 Å². The van der Waals surface area contributed by atoms with Gasteiger partial charge in [-0.3, -0.25) is 19.5 Å². The molecule has 0 aliphatic heterocycles. The van der Waals surface area contributed by atoms with Gasteiger partial charge in [-0.25, -0.2) is 0 Å². The van der Waals surface area contributed by atoms with E-state index in [-0.39, 0.29) is 10.6 Å². The van der Waals surface area contributed by atoms with Crippen LogP contribution in [-0.2, 0) is 6.54 Å². The highest BCUT2D eigenvalue weighted by Gasteiger charge is 2.14. The zero-order valence-corrected chi connectivity index (χ0v) is 12.1. The quantitative estimate of drug-likeness (QED) is 0.679. The molecule has 0 bridgehead atoms. The molecule has 0 amide bonds. The van der Waals surface area contributed by atoms with E-state index in [9.17, 15) is 14.9 Å². The summed E-state index contributed by atoms with van der Waals surface area (Å²) in [5.74, 6) is 0. The second-order valence-corrected chi connectivity index (χ2v) is 5.19. The van der Waals surface area contributed by atoms with Crippen molar-refractivity contribution in [2.24, 2.45) is 0 Å². The summed E-state index contributed by atoms with van der Waals surface area (Å²) in [4.78, 5) is 22.2. The van der Waals surface area contributed by atoms with Crippen LogP contribution in [0, 0.1) is 17.0 Å². The molecule has 0 radical (unpaired) electrons. The molecule has 0 spiro atoms. The Hall–Kier alpha value is -2.15. The Morgan fingerprint density at radius 2 is 2.20 bits per heavy atom. The van der Waals surface area contributed by atoms with Gasteiger partial charge in [-0.2, -0.15) is 0 Å². The van der Waals surface area contributed by atoms with Crippen molar-refractivity contribution in [2.75, 3.05) is 11.9 Å². The van der Waals surface area contributed by atoms with Gasteiger partial charge in [-0.15, -0.1) is 0 Å². The molecule has 2 aromatic rings. The van der Waals surface area contributed by atoms with Crippen molar-refractivity contribution < 1.29 is 4.92 Å². The number of anilines is 1. The minimum Gasteiger partial charge on any atom is -0.380 e. The SMILES string of the molecule is CCNc1cc(Cn2c(C)csc2=O)ccc1[N+](=O)[O-]. The number of benzene rings is 1. The number of nitrogens with zero attached hydrogens (tertiary/aromatic N) is 2. The average Bonchev–Trinajstić information content (AvgIpc) is 2.71. The van der Waals surface area contributed by atoms with Crippen molar-refractivity contribution in [3.63, 3.8) is 0 Å². The monoisotopic (exact) mass is 293 g/mol. The second-order valence-electron chi connectivity index (χ2n) is 4.37. The molecule has 1 aromatic carbocycles. The first-order valence-electron chi connectivity index (χ1n) is 6.19. The molecule has 0 fully saturated rings. The maximum Gasteiger partial charge on any atom is 0.307 e. The lowest BCUT2D eigenvalue weighted by Crippen LogP contribution is -2.15. The number of aromatic nitrogens is 1. The standard InChI is InChI=1S/C13H15N3O3S/c1-3-14-11-6-10(4-5-12(11)16(18)19)7-15-9(2)8-20-13(15)17/h4-6,8,14H,3,7H2,1-2H3. The Labute approximate surface area is 119 Å². The molecular weight excluding hydrogens is 278 g/mol. The molecule has 20 heavy (non-hydrogen) atoms. The molecule has 0 aliphatic carbocycles. The van der Waals surface area contributed by atoms with Crippen LogP contribution in [0.1, 0.15) is 18.2 Å². The predicted molar refractivity (Wildman–Crippen MR) is 79.7 cm³/mol. The molecule has 1 heterocycles. The van der Waals surface area contributed by atoms with E-state index in [1.807, 2.05) is 13.8 Å². The Balaban J connectivity index is 2.36. The van der Waals surface area contributed by atoms with E-state index in [0.29, 0.717) is 18.8 Å². The molecule has 1 aromatic heterocycles. The highest BCUT2D eigenvalue weighted by molar-refractivity contribution is 7.07. The summed E-state index contributed by atoms with van der Waals surface area (Å²) in [5.41, 5.74) is 2.28. The van der Waals surface area contributed by atoms with Crippen molar-refractivity contribution in [2.45, 2.75) is 20.4 Å². The van der Waals surface area contributed by atoms with Gasteiger partial charge in [-0.05, 0) is 25.5 Å². The fourth-order valence-electron chi connectivity index (χ4n) is 1.95. The van der Waals surface area contributed by atoms with Crippen LogP contribution in [0.15, 0.2) is 28.4 Å². The minimum absolute atomic E-state index is 0.0224. The Morgan fingerprint density at radius 1 is 1.45 bits per heavy atom. The molecule has 2 rings (SSSR count). The van der Waals surface area contributed by atoms with Crippen molar-refractivity contribution in [1.82, 2.24) is 4.57 Å². The lowest BCUT2D eigenvalue weighted by Gasteiger charge is -2.09. The number of thiazole rings is 1. The van der Waals surface area contributed by atoms with Crippen molar-refractivity contribution in [3.8, 4) is 0 Å². The van der Waals surface area contributed by atoms with Crippen LogP contribution in [0.4, 0.5) is 11.4 Å². The van der Waals surface area contributed by atoms with Gasteiger partial charge >= 0.3 is 4.87 Å². The summed E-state index contributed by atoms with van der Waals surface area (Å²) >= 11 is 1.16. The van der Waals surface area contributed by atoms with Gasteiger partial charge in [-0.1, -0.05) is 17.4 Å². The molecule has 0 saturated heterocycles. The van der Waals surface area contributed by atoms with Crippen LogP contribution >= 0.6 is 11.3 Å². The van der Waals surface area contributed by atoms with E-state index in [4.69, 9.17) is 0 Å². The number of hydrogen-bond acceptors (Lipinski definition) is 5. The summed E-state index contributed by atoms with van der Waals surface area (Å²) in [6.45, 7) is 4.77. The summed E-state index contributed by atoms with van der Waals surface area (Å²) < 4.78 is 1.65. The average molecular weight is 293 g/mol. The smallest absolute Gasteiger partial charge is 0.307 e. The van der Waals surface area contributed by atoms with E-state index in [0.717, 1.165) is 22.6 Å². The maximum atomic E-state index is 11.7. The minimum atomic E-state index is -0.413. The topological polar surface area (TPSA) is 77.2 Å². The van der Waals surface area contributed by atoms with E-state index in [1.165, 1.54) is 6.07 Å². The highest BCUT2D eigenvalue weighted by Crippen LogP contribution is 2.25. The Morgan fingerprint density at radius 3 is 2.75 bits per heavy atom. The molecule has 0 unspecified atom stereocenters. The predicted octanol–water partition coefficient (Wildman–Crippen LogP) is 2.61. The highest BCUT2D eigenvalue weighted by atomic mass is 32.1. The zero-order valence-electron chi connectivity index (χ0n) is 11.3. The first kappa shape index (κ1) is 14.3. The van der Waals surface area contributed by atoms with Crippen LogP contribution in [0.25, 0.3) is 0 Å². The number of rotatable bonds is 5. The van der Waals surface area contributed by atoms with Gasteiger partial charge in [0, 0.05) is 23.7 Å². The van der Waals surface area contributed by atoms with Gasteiger partial charge in [0.2, 0.25) is 0 Å². The molecule has 0 aliphatic rings. The van der Waals surface area contributed by atoms with Crippen LogP contribution in [0.2, 0.25) is 0 Å². The Kier molecular flexibility index (Phi) is 4.19. The third kappa shape index (κ3) is 2.88. The fraction of sp³-hybridized carbons (Fsp3) is 0.308. The second kappa shape index (κ2) is 5.87. The normalized spacial score (nSPS) is 10.5. The first-order valence-corrected chi connectivity index (χ1v) is 7.07. The molecule has 0 saturated carbocycles. The van der Waals surface area contributed by atoms with Gasteiger partial charge in [0.15, 0.2) is 0 Å². The van der Waals surface area contributed by atoms with Crippen molar-refractivity contribution in [1.29, 1.82) is 0 Å². The largest absolute Gasteiger partial charge is 0.380 e. The third-order valence-electron chi connectivity index (χ3n) is 2.94. The molecular formula is C13H15N3O3S. The number of nitrogens with one attached hydrogen (secondary N) is 1. The van der Waals surface area contributed by atoms with E-state index in [2.05, 4.69) is 5.32 Å². The fourth-order valence-corrected chi connectivity index (χ4v) is 2.69. The number of hydrogen-bond donors (Lipinski definition) is 1. The molecule has 0 atom stereocenters. The summed E-state index contributed by atoms with van der Waals surface area (Å²) in [6, 6.07) is 4.88. The van der Waals surface area contributed by atoms with Crippen molar-refractivity contribution >= 4 is 22.7 Å². The van der Waals surface area contributed by atoms with Gasteiger partial charge < -0.3 is 5.32 Å². The number of aryl methyl sites for hydroxylation is 1. The number of nitro benzene ring substituents is 1. The molecule has 7 heteroatoms. The Bertz CT molecular complexity index is 690. The number of nitro groups is 1. The molecule has 106 valence electrons. The zero-order chi connectivity index (χ0) is 14.7. The van der Waals surface area contributed by atoms with Crippen LogP contribution in [-0.4, -0.2) is 16.0 Å². The van der Waals surface area contributed by atoms with Gasteiger partial charge in [0.25, 0.3) is 5.69 Å². The van der Waals surface area contributed by atoms with Crippen LogP contribution < -0.4 is 10.2 Å². The van der Waals surface area contributed by atoms with Crippen LogP contribution in [0.3, 0.4) is 0 Å². The van der Waals surface area contributed by atoms with Gasteiger partial charge in [0.05, 0.1) is 11.5 Å². The van der Waals surface area contributed by atoms with E-state index in [1.54, 1.807) is 22.1 Å². The van der Waals surface area contributed by atoms with Crippen molar-refractivity contribution in [3.05, 3.63) is 54.6 Å². The maximum absolute atomic E-state index is 11.7. The lowest BCUT2D eigenvalue weighted by atomic mass is 10.1. The summed E-state index contributed by atoms with van der Waals surface area (Å²) in [5, 5.41) is 15.7. The van der Waals surface area contributed by atoms with Gasteiger partial charge in [0.1, 0.15) is 5.69 Å².